The van der Waals surface area contributed by atoms with Gasteiger partial charge in [-0.25, -0.2) is 4.98 Å². The maximum absolute atomic E-state index is 4.31. The lowest BCUT2D eigenvalue weighted by Crippen LogP contribution is -2.30. The van der Waals surface area contributed by atoms with Crippen LogP contribution in [0.3, 0.4) is 0 Å². The molecule has 1 aliphatic rings. The summed E-state index contributed by atoms with van der Waals surface area (Å²) in [4.78, 5) is 5.59. The molecule has 1 N–H and O–H groups in total. The Morgan fingerprint density at radius 1 is 1.33 bits per heavy atom. The molecule has 0 radical (unpaired) electrons. The van der Waals surface area contributed by atoms with E-state index in [1.54, 1.807) is 12.5 Å². The lowest BCUT2D eigenvalue weighted by atomic mass is 10.0. The smallest absolute Gasteiger partial charge is 0.163 e. The number of nitrogens with zero attached hydrogens (tertiary/aromatic N) is 4. The van der Waals surface area contributed by atoms with Gasteiger partial charge >= 0.3 is 0 Å². The van der Waals surface area contributed by atoms with E-state index in [9.17, 15) is 0 Å². The topological polar surface area (TPSA) is 55.1 Å². The van der Waals surface area contributed by atoms with Crippen molar-refractivity contribution in [2.75, 3.05) is 6.54 Å². The molecule has 0 aromatic carbocycles. The highest BCUT2D eigenvalue weighted by Crippen LogP contribution is 2.31. The fraction of sp³-hybridized carbons (Fsp3) is 0.250. The standard InChI is InChI=1S/C12H11N5S/c1-5-14-11(8-3-6-18-9(1)8)12-16-15-10-2-4-13-7-17(10)12/h2-4,6-7,11,14H,1,5H2. The van der Waals surface area contributed by atoms with Crippen LogP contribution in [0.5, 0.6) is 0 Å². The van der Waals surface area contributed by atoms with Gasteiger partial charge in [-0.2, -0.15) is 0 Å². The zero-order valence-corrected chi connectivity index (χ0v) is 10.4. The minimum Gasteiger partial charge on any atom is -0.303 e. The second kappa shape index (κ2) is 3.86. The van der Waals surface area contributed by atoms with Crippen molar-refractivity contribution in [2.24, 2.45) is 0 Å². The monoisotopic (exact) mass is 257 g/mol. The van der Waals surface area contributed by atoms with Gasteiger partial charge in [0.05, 0.1) is 6.04 Å². The number of thiophene rings is 1. The Balaban J connectivity index is 1.90. The molecule has 1 atom stereocenters. The van der Waals surface area contributed by atoms with Crippen LogP contribution in [0.1, 0.15) is 22.3 Å². The molecule has 4 heterocycles. The summed E-state index contributed by atoms with van der Waals surface area (Å²) < 4.78 is 1.95. The van der Waals surface area contributed by atoms with Gasteiger partial charge in [-0.3, -0.25) is 4.40 Å². The average Bonchev–Trinajstić information content (AvgIpc) is 3.05. The number of hydrogen-bond acceptors (Lipinski definition) is 5. The van der Waals surface area contributed by atoms with Crippen LogP contribution in [-0.2, 0) is 6.42 Å². The highest BCUT2D eigenvalue weighted by Gasteiger charge is 2.26. The number of hydrogen-bond donors (Lipinski definition) is 1. The summed E-state index contributed by atoms with van der Waals surface area (Å²) >= 11 is 1.82. The molecule has 0 aliphatic carbocycles. The quantitative estimate of drug-likeness (QED) is 0.716. The first-order chi connectivity index (χ1) is 8.93. The van der Waals surface area contributed by atoms with Gasteiger partial charge in [0.2, 0.25) is 0 Å². The molecule has 5 nitrogen and oxygen atoms in total. The molecule has 1 aliphatic heterocycles. The van der Waals surface area contributed by atoms with E-state index in [0.717, 1.165) is 24.4 Å². The zero-order chi connectivity index (χ0) is 11.9. The molecular formula is C12H11N5S. The van der Waals surface area contributed by atoms with Crippen molar-refractivity contribution in [1.82, 2.24) is 24.9 Å². The molecule has 0 spiro atoms. The summed E-state index contributed by atoms with van der Waals surface area (Å²) in [6, 6.07) is 4.17. The summed E-state index contributed by atoms with van der Waals surface area (Å²) in [6.07, 6.45) is 4.60. The second-order valence-electron chi connectivity index (χ2n) is 4.30. The molecule has 1 unspecified atom stereocenters. The van der Waals surface area contributed by atoms with E-state index in [-0.39, 0.29) is 6.04 Å². The molecule has 0 amide bonds. The van der Waals surface area contributed by atoms with E-state index in [2.05, 4.69) is 31.9 Å². The van der Waals surface area contributed by atoms with Gasteiger partial charge in [0.15, 0.2) is 11.5 Å². The van der Waals surface area contributed by atoms with Crippen LogP contribution in [0.25, 0.3) is 5.65 Å². The summed E-state index contributed by atoms with van der Waals surface area (Å²) in [5, 5.41) is 14.2. The van der Waals surface area contributed by atoms with Crippen LogP contribution in [0.2, 0.25) is 0 Å². The molecule has 3 aromatic rings. The lowest BCUT2D eigenvalue weighted by molar-refractivity contribution is 0.545. The van der Waals surface area contributed by atoms with Crippen LogP contribution < -0.4 is 5.32 Å². The average molecular weight is 257 g/mol. The third-order valence-corrected chi connectivity index (χ3v) is 4.29. The molecular weight excluding hydrogens is 246 g/mol. The van der Waals surface area contributed by atoms with Crippen molar-refractivity contribution < 1.29 is 0 Å². The first kappa shape index (κ1) is 10.2. The van der Waals surface area contributed by atoms with E-state index < -0.39 is 0 Å². The number of aromatic nitrogens is 4. The Bertz CT molecular complexity index is 701. The second-order valence-corrected chi connectivity index (χ2v) is 5.30. The molecule has 6 heteroatoms. The van der Waals surface area contributed by atoms with Crippen LogP contribution in [0.4, 0.5) is 0 Å². The van der Waals surface area contributed by atoms with Crippen molar-refractivity contribution in [3.63, 3.8) is 0 Å². The van der Waals surface area contributed by atoms with Crippen molar-refractivity contribution in [1.29, 1.82) is 0 Å². The summed E-state index contributed by atoms with van der Waals surface area (Å²) in [5.74, 6) is 0.914. The predicted octanol–water partition coefficient (Wildman–Crippen LogP) is 1.42. The molecule has 0 saturated carbocycles. The van der Waals surface area contributed by atoms with Gasteiger partial charge in [0.1, 0.15) is 6.33 Å². The summed E-state index contributed by atoms with van der Waals surface area (Å²) in [5.41, 5.74) is 2.16. The van der Waals surface area contributed by atoms with Gasteiger partial charge in [-0.15, -0.1) is 21.5 Å². The largest absolute Gasteiger partial charge is 0.303 e. The normalized spacial score (nSPS) is 19.0. The first-order valence-corrected chi connectivity index (χ1v) is 6.76. The van der Waals surface area contributed by atoms with E-state index in [4.69, 9.17) is 0 Å². The van der Waals surface area contributed by atoms with E-state index >= 15 is 0 Å². The highest BCUT2D eigenvalue weighted by molar-refractivity contribution is 7.10. The van der Waals surface area contributed by atoms with Gasteiger partial charge in [0, 0.05) is 23.7 Å². The maximum Gasteiger partial charge on any atom is 0.163 e. The van der Waals surface area contributed by atoms with E-state index in [1.807, 2.05) is 21.8 Å². The SMILES string of the molecule is c1cc2nnc(C3NCCc4sccc43)n2cn1. The third kappa shape index (κ3) is 1.39. The minimum absolute atomic E-state index is 0.124. The Kier molecular flexibility index (Phi) is 2.18. The Hall–Kier alpha value is -1.79. The van der Waals surface area contributed by atoms with Crippen molar-refractivity contribution in [3.8, 4) is 0 Å². The molecule has 0 saturated heterocycles. The van der Waals surface area contributed by atoms with Crippen LogP contribution in [-0.4, -0.2) is 26.1 Å². The summed E-state index contributed by atoms with van der Waals surface area (Å²) in [6.45, 7) is 0.980. The van der Waals surface area contributed by atoms with Gasteiger partial charge < -0.3 is 5.32 Å². The fourth-order valence-corrected chi connectivity index (χ4v) is 3.36. The number of fused-ring (bicyclic) bond motifs is 2. The minimum atomic E-state index is 0.124. The summed E-state index contributed by atoms with van der Waals surface area (Å²) in [7, 11) is 0. The molecule has 3 aromatic heterocycles. The van der Waals surface area contributed by atoms with E-state index in [0.29, 0.717) is 0 Å². The van der Waals surface area contributed by atoms with Crippen molar-refractivity contribution in [2.45, 2.75) is 12.5 Å². The first-order valence-electron chi connectivity index (χ1n) is 5.88. The van der Waals surface area contributed by atoms with Crippen LogP contribution in [0.15, 0.2) is 30.0 Å². The van der Waals surface area contributed by atoms with Crippen molar-refractivity contribution >= 4 is 17.0 Å². The Morgan fingerprint density at radius 3 is 3.33 bits per heavy atom. The third-order valence-electron chi connectivity index (χ3n) is 3.29. The lowest BCUT2D eigenvalue weighted by Gasteiger charge is -2.22. The molecule has 0 bridgehead atoms. The Morgan fingerprint density at radius 2 is 2.33 bits per heavy atom. The van der Waals surface area contributed by atoms with Crippen LogP contribution in [0, 0.1) is 0 Å². The van der Waals surface area contributed by atoms with Gasteiger partial charge in [-0.05, 0) is 23.4 Å². The zero-order valence-electron chi connectivity index (χ0n) is 9.58. The van der Waals surface area contributed by atoms with Crippen molar-refractivity contribution in [3.05, 3.63) is 46.3 Å². The fourth-order valence-electron chi connectivity index (χ4n) is 2.44. The van der Waals surface area contributed by atoms with Gasteiger partial charge in [0.25, 0.3) is 0 Å². The van der Waals surface area contributed by atoms with Crippen LogP contribution >= 0.6 is 11.3 Å². The molecule has 18 heavy (non-hydrogen) atoms. The number of nitrogens with one attached hydrogen (secondary N) is 1. The molecule has 0 fully saturated rings. The highest BCUT2D eigenvalue weighted by atomic mass is 32.1. The maximum atomic E-state index is 4.31. The number of rotatable bonds is 1. The molecule has 4 rings (SSSR count). The van der Waals surface area contributed by atoms with E-state index in [1.165, 1.54) is 10.4 Å². The molecule has 90 valence electrons. The van der Waals surface area contributed by atoms with Gasteiger partial charge in [-0.1, -0.05) is 0 Å². The Labute approximate surface area is 108 Å². The predicted molar refractivity (Wildman–Crippen MR) is 68.7 cm³/mol.